The molecule has 5 rings (SSSR count). The first-order valence-corrected chi connectivity index (χ1v) is 12.7. The van der Waals surface area contributed by atoms with E-state index in [1.54, 1.807) is 24.3 Å². The third-order valence-electron chi connectivity index (χ3n) is 6.27. The largest absolute Gasteiger partial charge is 0.378 e. The Morgan fingerprint density at radius 2 is 1.74 bits per heavy atom. The average Bonchev–Trinajstić information content (AvgIpc) is 3.42. The standard InChI is InChI=1S/C24H26ClN9O5/c25-19-4-2-1-3-18(19)24-28-30-33(29-24)16-23(35)27-26-15-17-13-22(34(36)37)21(32-7-11-39-12-8-32)14-20(17)31-5-9-38-10-6-31/h1-4,13-15H,5-12,16H2,(H,27,35). The van der Waals surface area contributed by atoms with Crippen molar-refractivity contribution in [1.82, 2.24) is 25.6 Å². The minimum Gasteiger partial charge on any atom is -0.378 e. The fourth-order valence-corrected chi connectivity index (χ4v) is 4.59. The molecule has 0 atom stereocenters. The number of tetrazole rings is 1. The molecule has 0 aliphatic carbocycles. The molecule has 2 aromatic carbocycles. The van der Waals surface area contributed by atoms with Crippen molar-refractivity contribution in [1.29, 1.82) is 0 Å². The molecule has 2 fully saturated rings. The summed E-state index contributed by atoms with van der Waals surface area (Å²) in [6.07, 6.45) is 1.41. The summed E-state index contributed by atoms with van der Waals surface area (Å²) < 4.78 is 10.9. The van der Waals surface area contributed by atoms with Crippen molar-refractivity contribution in [2.45, 2.75) is 6.54 Å². The number of hydrogen-bond acceptors (Lipinski definition) is 11. The molecule has 1 amide bonds. The van der Waals surface area contributed by atoms with Gasteiger partial charge < -0.3 is 19.3 Å². The van der Waals surface area contributed by atoms with Crippen molar-refractivity contribution in [3.05, 3.63) is 57.1 Å². The van der Waals surface area contributed by atoms with Crippen LogP contribution in [0, 0.1) is 10.1 Å². The Labute approximate surface area is 228 Å². The molecule has 0 unspecified atom stereocenters. The van der Waals surface area contributed by atoms with Crippen LogP contribution in [0.3, 0.4) is 0 Å². The van der Waals surface area contributed by atoms with Gasteiger partial charge in [-0.15, -0.1) is 10.2 Å². The number of carbonyl (C=O) groups excluding carboxylic acids is 1. The molecule has 0 saturated carbocycles. The Bertz CT molecular complexity index is 1370. The molecule has 0 spiro atoms. The van der Waals surface area contributed by atoms with Gasteiger partial charge in [-0.2, -0.15) is 9.90 Å². The molecule has 39 heavy (non-hydrogen) atoms. The van der Waals surface area contributed by atoms with E-state index in [1.165, 1.54) is 12.3 Å². The number of nitrogens with zero attached hydrogens (tertiary/aromatic N) is 8. The second-order valence-electron chi connectivity index (χ2n) is 8.77. The van der Waals surface area contributed by atoms with Gasteiger partial charge in [-0.05, 0) is 23.4 Å². The highest BCUT2D eigenvalue weighted by Gasteiger charge is 2.26. The smallest absolute Gasteiger partial charge is 0.293 e. The molecule has 2 saturated heterocycles. The Morgan fingerprint density at radius 1 is 1.08 bits per heavy atom. The Hall–Kier alpha value is -4.14. The van der Waals surface area contributed by atoms with Crippen molar-refractivity contribution in [2.75, 3.05) is 62.4 Å². The van der Waals surface area contributed by atoms with E-state index in [1.807, 2.05) is 11.0 Å². The number of hydrazone groups is 1. The molecular formula is C24H26ClN9O5. The molecule has 2 aliphatic heterocycles. The van der Waals surface area contributed by atoms with Gasteiger partial charge in [0, 0.05) is 49.1 Å². The number of halogens is 1. The van der Waals surface area contributed by atoms with Crippen LogP contribution in [0.25, 0.3) is 11.4 Å². The molecule has 14 nitrogen and oxygen atoms in total. The van der Waals surface area contributed by atoms with Crippen molar-refractivity contribution in [2.24, 2.45) is 5.10 Å². The first kappa shape index (κ1) is 26.5. The number of carbonyl (C=O) groups is 1. The van der Waals surface area contributed by atoms with Crippen LogP contribution in [0.4, 0.5) is 17.1 Å². The highest BCUT2D eigenvalue weighted by molar-refractivity contribution is 6.33. The van der Waals surface area contributed by atoms with E-state index in [2.05, 4.69) is 30.8 Å². The molecule has 1 N–H and O–H groups in total. The Morgan fingerprint density at radius 3 is 2.41 bits per heavy atom. The second kappa shape index (κ2) is 12.1. The monoisotopic (exact) mass is 555 g/mol. The van der Waals surface area contributed by atoms with Crippen LogP contribution in [0.5, 0.6) is 0 Å². The van der Waals surface area contributed by atoms with Crippen LogP contribution < -0.4 is 15.2 Å². The zero-order valence-electron chi connectivity index (χ0n) is 20.9. The van der Waals surface area contributed by atoms with E-state index >= 15 is 0 Å². The van der Waals surface area contributed by atoms with E-state index in [-0.39, 0.29) is 12.2 Å². The number of amides is 1. The maximum Gasteiger partial charge on any atom is 0.293 e. The number of rotatable bonds is 8. The van der Waals surface area contributed by atoms with Gasteiger partial charge in [-0.25, -0.2) is 5.43 Å². The zero-order chi connectivity index (χ0) is 27.2. The molecular weight excluding hydrogens is 530 g/mol. The van der Waals surface area contributed by atoms with Crippen LogP contribution in [-0.2, 0) is 20.8 Å². The normalized spacial score (nSPS) is 16.0. The number of anilines is 2. The average molecular weight is 556 g/mol. The van der Waals surface area contributed by atoms with Crippen LogP contribution >= 0.6 is 11.6 Å². The molecule has 3 heterocycles. The number of morpholine rings is 2. The number of aromatic nitrogens is 4. The Kier molecular flexibility index (Phi) is 8.24. The predicted octanol–water partition coefficient (Wildman–Crippen LogP) is 1.73. The summed E-state index contributed by atoms with van der Waals surface area (Å²) in [4.78, 5) is 29.3. The first-order valence-electron chi connectivity index (χ1n) is 12.3. The van der Waals surface area contributed by atoms with Gasteiger partial charge in [0.05, 0.1) is 42.6 Å². The molecule has 3 aromatic rings. The van der Waals surface area contributed by atoms with E-state index in [0.717, 1.165) is 10.5 Å². The quantitative estimate of drug-likeness (QED) is 0.247. The molecule has 204 valence electrons. The number of nitrogens with one attached hydrogen (secondary N) is 1. The summed E-state index contributed by atoms with van der Waals surface area (Å²) in [5, 5.41) is 28.6. The number of nitro groups is 1. The van der Waals surface area contributed by atoms with Gasteiger partial charge in [0.15, 0.2) is 0 Å². The van der Waals surface area contributed by atoms with Gasteiger partial charge in [0.25, 0.3) is 11.6 Å². The number of ether oxygens (including phenoxy) is 2. The van der Waals surface area contributed by atoms with Gasteiger partial charge in [-0.3, -0.25) is 14.9 Å². The van der Waals surface area contributed by atoms with E-state index in [4.69, 9.17) is 21.1 Å². The van der Waals surface area contributed by atoms with Crippen molar-refractivity contribution < 1.29 is 19.2 Å². The summed E-state index contributed by atoms with van der Waals surface area (Å²) in [6, 6.07) is 10.3. The lowest BCUT2D eigenvalue weighted by Crippen LogP contribution is -2.38. The van der Waals surface area contributed by atoms with Crippen LogP contribution in [0.15, 0.2) is 41.5 Å². The van der Waals surface area contributed by atoms with Gasteiger partial charge in [-0.1, -0.05) is 23.7 Å². The van der Waals surface area contributed by atoms with Crippen LogP contribution in [-0.4, -0.2) is 89.9 Å². The summed E-state index contributed by atoms with van der Waals surface area (Å²) in [5.41, 5.74) is 4.79. The number of nitro benzene ring substituents is 1. The van der Waals surface area contributed by atoms with Crippen molar-refractivity contribution >= 4 is 40.8 Å². The summed E-state index contributed by atoms with van der Waals surface area (Å²) in [6.45, 7) is 4.21. The minimum atomic E-state index is -0.498. The molecule has 0 bridgehead atoms. The third kappa shape index (κ3) is 6.30. The van der Waals surface area contributed by atoms with E-state index in [0.29, 0.717) is 80.3 Å². The fourth-order valence-electron chi connectivity index (χ4n) is 4.37. The number of benzene rings is 2. The second-order valence-corrected chi connectivity index (χ2v) is 9.18. The minimum absolute atomic E-state index is 0.0411. The van der Waals surface area contributed by atoms with Gasteiger partial charge in [0.2, 0.25) is 5.82 Å². The fraction of sp³-hybridized carbons (Fsp3) is 0.375. The lowest BCUT2D eigenvalue weighted by Gasteiger charge is -2.33. The van der Waals surface area contributed by atoms with Gasteiger partial charge in [0.1, 0.15) is 12.2 Å². The van der Waals surface area contributed by atoms with E-state index < -0.39 is 10.8 Å². The predicted molar refractivity (Wildman–Crippen MR) is 143 cm³/mol. The SMILES string of the molecule is O=C(Cn1nnc(-c2ccccc2Cl)n1)NN=Cc1cc([N+](=O)[O-])c(N2CCOCC2)cc1N1CCOCC1. The lowest BCUT2D eigenvalue weighted by atomic mass is 10.1. The zero-order valence-corrected chi connectivity index (χ0v) is 21.7. The maximum atomic E-state index is 12.5. The van der Waals surface area contributed by atoms with E-state index in [9.17, 15) is 14.9 Å². The molecule has 15 heteroatoms. The summed E-state index contributed by atoms with van der Waals surface area (Å²) in [7, 11) is 0. The van der Waals surface area contributed by atoms with Crippen molar-refractivity contribution in [3.63, 3.8) is 0 Å². The summed E-state index contributed by atoms with van der Waals surface area (Å²) in [5.74, 6) is -0.207. The summed E-state index contributed by atoms with van der Waals surface area (Å²) >= 11 is 6.18. The Balaban J connectivity index is 1.34. The van der Waals surface area contributed by atoms with Crippen LogP contribution in [0.2, 0.25) is 5.02 Å². The first-order chi connectivity index (χ1) is 19.0. The molecule has 1 aromatic heterocycles. The maximum absolute atomic E-state index is 12.5. The van der Waals surface area contributed by atoms with Crippen LogP contribution in [0.1, 0.15) is 5.56 Å². The molecule has 2 aliphatic rings. The third-order valence-corrected chi connectivity index (χ3v) is 6.60. The number of hydrogen-bond donors (Lipinski definition) is 1. The highest BCUT2D eigenvalue weighted by Crippen LogP contribution is 2.36. The van der Waals surface area contributed by atoms with Gasteiger partial charge >= 0.3 is 0 Å². The lowest BCUT2D eigenvalue weighted by molar-refractivity contribution is -0.384. The topological polar surface area (TPSA) is 153 Å². The van der Waals surface area contributed by atoms with Crippen molar-refractivity contribution in [3.8, 4) is 11.4 Å². The highest BCUT2D eigenvalue weighted by atomic mass is 35.5. The molecule has 0 radical (unpaired) electrons.